The lowest BCUT2D eigenvalue weighted by Gasteiger charge is -2.36. The maximum absolute atomic E-state index is 11.5. The number of nitrogens with zero attached hydrogens (tertiary/aromatic N) is 1. The van der Waals surface area contributed by atoms with Crippen molar-refractivity contribution in [2.45, 2.75) is 18.9 Å². The summed E-state index contributed by atoms with van der Waals surface area (Å²) >= 11 is 0. The molecule has 17 heavy (non-hydrogen) atoms. The molecule has 1 rings (SSSR count). The fourth-order valence-corrected chi connectivity index (χ4v) is 1.85. The zero-order chi connectivity index (χ0) is 13.1. The van der Waals surface area contributed by atoms with Crippen molar-refractivity contribution < 1.29 is 14.7 Å². The van der Waals surface area contributed by atoms with E-state index >= 15 is 0 Å². The molecule has 92 valence electrons. The Labute approximate surface area is 99.8 Å². The van der Waals surface area contributed by atoms with Crippen LogP contribution >= 0.6 is 0 Å². The van der Waals surface area contributed by atoms with Gasteiger partial charge in [-0.2, -0.15) is 0 Å². The van der Waals surface area contributed by atoms with Crippen molar-refractivity contribution in [2.24, 2.45) is 5.73 Å². The molecule has 0 aliphatic rings. The molecule has 0 aromatic heterocycles. The number of carbonyl (C=O) groups is 2. The van der Waals surface area contributed by atoms with Crippen molar-refractivity contribution in [3.8, 4) is 0 Å². The maximum atomic E-state index is 11.5. The van der Waals surface area contributed by atoms with Crippen LogP contribution in [0.1, 0.15) is 13.3 Å². The highest BCUT2D eigenvalue weighted by Gasteiger charge is 2.47. The predicted molar refractivity (Wildman–Crippen MR) is 64.7 cm³/mol. The van der Waals surface area contributed by atoms with Gasteiger partial charge in [0.05, 0.1) is 0 Å². The van der Waals surface area contributed by atoms with Crippen LogP contribution in [0.25, 0.3) is 0 Å². The fourth-order valence-electron chi connectivity index (χ4n) is 1.85. The number of amides is 1. The number of aliphatic carboxylic acids is 1. The van der Waals surface area contributed by atoms with E-state index in [1.807, 2.05) is 6.07 Å². The lowest BCUT2D eigenvalue weighted by molar-refractivity contribution is -0.148. The van der Waals surface area contributed by atoms with E-state index in [-0.39, 0.29) is 6.42 Å². The number of carboxylic acid groups (broad SMARTS) is 1. The zero-order valence-corrected chi connectivity index (χ0v) is 9.88. The third-order valence-corrected chi connectivity index (χ3v) is 2.99. The molecule has 1 aromatic carbocycles. The Kier molecular flexibility index (Phi) is 3.73. The van der Waals surface area contributed by atoms with Gasteiger partial charge in [-0.1, -0.05) is 25.1 Å². The Balaban J connectivity index is 3.25. The molecule has 0 heterocycles. The van der Waals surface area contributed by atoms with Crippen LogP contribution in [0.2, 0.25) is 0 Å². The molecule has 5 heteroatoms. The summed E-state index contributed by atoms with van der Waals surface area (Å²) in [6.07, 6.45) is 0.100. The number of anilines is 1. The minimum Gasteiger partial charge on any atom is -0.479 e. The maximum Gasteiger partial charge on any atom is 0.339 e. The van der Waals surface area contributed by atoms with E-state index in [0.717, 1.165) is 0 Å². The highest BCUT2D eigenvalue weighted by molar-refractivity contribution is 6.09. The van der Waals surface area contributed by atoms with Crippen molar-refractivity contribution in [3.63, 3.8) is 0 Å². The highest BCUT2D eigenvalue weighted by atomic mass is 16.4. The lowest BCUT2D eigenvalue weighted by Crippen LogP contribution is -2.61. The van der Waals surface area contributed by atoms with E-state index < -0.39 is 17.4 Å². The van der Waals surface area contributed by atoms with Gasteiger partial charge in [0.15, 0.2) is 0 Å². The normalized spacial score (nSPS) is 13.8. The predicted octanol–water partition coefficient (Wildman–Crippen LogP) is 0.841. The Bertz CT molecular complexity index is 403. The Hall–Kier alpha value is -2.04. The molecule has 0 bridgehead atoms. The summed E-state index contributed by atoms with van der Waals surface area (Å²) in [6.45, 7) is 1.62. The van der Waals surface area contributed by atoms with Crippen LogP contribution in [0.4, 0.5) is 5.69 Å². The van der Waals surface area contributed by atoms with Crippen LogP contribution in [0.15, 0.2) is 30.3 Å². The molecule has 0 spiro atoms. The smallest absolute Gasteiger partial charge is 0.339 e. The van der Waals surface area contributed by atoms with Gasteiger partial charge in [-0.3, -0.25) is 4.79 Å². The van der Waals surface area contributed by atoms with Crippen LogP contribution < -0.4 is 10.6 Å². The number of carbonyl (C=O) groups excluding carboxylic acids is 1. The van der Waals surface area contributed by atoms with Crippen LogP contribution in [0.5, 0.6) is 0 Å². The first-order valence-electron chi connectivity index (χ1n) is 5.29. The van der Waals surface area contributed by atoms with Crippen molar-refractivity contribution >= 4 is 17.6 Å². The zero-order valence-electron chi connectivity index (χ0n) is 9.88. The number of carboxylic acids is 1. The number of likely N-dealkylation sites (N-methyl/N-ethyl adjacent to an activating group) is 1. The van der Waals surface area contributed by atoms with Gasteiger partial charge in [-0.05, 0) is 18.6 Å². The largest absolute Gasteiger partial charge is 0.479 e. The number of hydrogen-bond donors (Lipinski definition) is 2. The third kappa shape index (κ3) is 2.08. The van der Waals surface area contributed by atoms with Crippen LogP contribution in [0, 0.1) is 0 Å². The topological polar surface area (TPSA) is 83.6 Å². The molecule has 3 N–H and O–H groups in total. The summed E-state index contributed by atoms with van der Waals surface area (Å²) in [6, 6.07) is 8.83. The van der Waals surface area contributed by atoms with Crippen LogP contribution in [-0.4, -0.2) is 29.6 Å². The molecule has 0 saturated heterocycles. The van der Waals surface area contributed by atoms with Crippen molar-refractivity contribution in [1.82, 2.24) is 0 Å². The molecule has 1 amide bonds. The molecule has 0 fully saturated rings. The van der Waals surface area contributed by atoms with Crippen molar-refractivity contribution in [1.29, 1.82) is 0 Å². The van der Waals surface area contributed by atoms with E-state index in [9.17, 15) is 14.7 Å². The SMILES string of the molecule is CCC(C(N)=O)(C(=O)O)N(C)c1ccccc1. The summed E-state index contributed by atoms with van der Waals surface area (Å²) in [5, 5.41) is 9.28. The van der Waals surface area contributed by atoms with Crippen molar-refractivity contribution in [3.05, 3.63) is 30.3 Å². The molecule has 5 nitrogen and oxygen atoms in total. The third-order valence-electron chi connectivity index (χ3n) is 2.99. The lowest BCUT2D eigenvalue weighted by atomic mass is 9.92. The second-order valence-electron chi connectivity index (χ2n) is 3.78. The number of nitrogens with two attached hydrogens (primary N) is 1. The van der Waals surface area contributed by atoms with Crippen molar-refractivity contribution in [2.75, 3.05) is 11.9 Å². The first-order valence-corrected chi connectivity index (χ1v) is 5.29. The standard InChI is InChI=1S/C12H16N2O3/c1-3-12(10(13)15,11(16)17)14(2)9-7-5-4-6-8-9/h4-8H,3H2,1-2H3,(H2,13,15)(H,16,17). The van der Waals surface area contributed by atoms with Gasteiger partial charge in [-0.15, -0.1) is 0 Å². The van der Waals surface area contributed by atoms with E-state index in [0.29, 0.717) is 5.69 Å². The van der Waals surface area contributed by atoms with Gasteiger partial charge in [0.1, 0.15) is 0 Å². The first-order chi connectivity index (χ1) is 7.96. The number of benzene rings is 1. The number of primary amides is 1. The molecule has 1 aromatic rings. The quantitative estimate of drug-likeness (QED) is 0.742. The van der Waals surface area contributed by atoms with E-state index in [4.69, 9.17) is 5.73 Å². The first kappa shape index (κ1) is 13.0. The Morgan fingerprint density at radius 3 is 2.24 bits per heavy atom. The molecular formula is C12H16N2O3. The Morgan fingerprint density at radius 1 is 1.35 bits per heavy atom. The summed E-state index contributed by atoms with van der Waals surface area (Å²) in [7, 11) is 1.55. The average Bonchev–Trinajstić information content (AvgIpc) is 2.30. The molecule has 1 unspecified atom stereocenters. The monoisotopic (exact) mass is 236 g/mol. The molecule has 0 saturated carbocycles. The van der Waals surface area contributed by atoms with Gasteiger partial charge in [0.25, 0.3) is 5.91 Å². The second kappa shape index (κ2) is 4.86. The average molecular weight is 236 g/mol. The number of para-hydroxylation sites is 1. The van der Waals surface area contributed by atoms with E-state index in [1.165, 1.54) is 4.90 Å². The van der Waals surface area contributed by atoms with E-state index in [2.05, 4.69) is 0 Å². The summed E-state index contributed by atoms with van der Waals surface area (Å²) < 4.78 is 0. The van der Waals surface area contributed by atoms with Crippen LogP contribution in [-0.2, 0) is 9.59 Å². The number of hydrogen-bond acceptors (Lipinski definition) is 3. The van der Waals surface area contributed by atoms with Crippen LogP contribution in [0.3, 0.4) is 0 Å². The summed E-state index contributed by atoms with van der Waals surface area (Å²) in [4.78, 5) is 24.3. The van der Waals surface area contributed by atoms with Gasteiger partial charge < -0.3 is 15.7 Å². The molecule has 0 aliphatic carbocycles. The Morgan fingerprint density at radius 2 is 1.88 bits per heavy atom. The van der Waals surface area contributed by atoms with E-state index in [1.54, 1.807) is 38.2 Å². The molecule has 1 atom stereocenters. The van der Waals surface area contributed by atoms with Gasteiger partial charge >= 0.3 is 5.97 Å². The highest BCUT2D eigenvalue weighted by Crippen LogP contribution is 2.25. The molecule has 0 aliphatic heterocycles. The fraction of sp³-hybridized carbons (Fsp3) is 0.333. The summed E-state index contributed by atoms with van der Waals surface area (Å²) in [5.74, 6) is -2.10. The second-order valence-corrected chi connectivity index (χ2v) is 3.78. The number of rotatable bonds is 5. The molecule has 0 radical (unpaired) electrons. The minimum atomic E-state index is -1.71. The van der Waals surface area contributed by atoms with Gasteiger partial charge in [0.2, 0.25) is 5.54 Å². The minimum absolute atomic E-state index is 0.100. The molecular weight excluding hydrogens is 220 g/mol. The summed E-state index contributed by atoms with van der Waals surface area (Å²) in [5.41, 5.74) is 4.19. The van der Waals surface area contributed by atoms with Gasteiger partial charge in [-0.25, -0.2) is 4.79 Å². The van der Waals surface area contributed by atoms with Gasteiger partial charge in [0, 0.05) is 12.7 Å².